The van der Waals surface area contributed by atoms with Crippen molar-refractivity contribution in [1.82, 2.24) is 0 Å². The Hall–Kier alpha value is -5.09. The van der Waals surface area contributed by atoms with Crippen molar-refractivity contribution in [2.45, 2.75) is 12.7 Å². The molecule has 0 heterocycles. The first-order valence-electron chi connectivity index (χ1n) is 15.4. The van der Waals surface area contributed by atoms with Crippen molar-refractivity contribution in [2.75, 3.05) is 19.1 Å². The summed E-state index contributed by atoms with van der Waals surface area (Å²) in [5, 5.41) is 0. The molecule has 0 aliphatic heterocycles. The lowest BCUT2D eigenvalue weighted by atomic mass is 9.12. The Bertz CT molecular complexity index is 2040. The molecule has 0 atom stereocenters. The van der Waals surface area contributed by atoms with E-state index >= 15 is 35.1 Å². The summed E-state index contributed by atoms with van der Waals surface area (Å²) in [7, 11) is 0.482. The van der Waals surface area contributed by atoms with E-state index in [9.17, 15) is 52.7 Å². The van der Waals surface area contributed by atoms with E-state index in [1.807, 2.05) is 19.1 Å². The Morgan fingerprint density at radius 1 is 0.362 bits per heavy atom. The Morgan fingerprint density at radius 2 is 0.569 bits per heavy atom. The van der Waals surface area contributed by atoms with E-state index in [1.54, 1.807) is 0 Å². The van der Waals surface area contributed by atoms with Crippen LogP contribution in [0.2, 0.25) is 0 Å². The Kier molecular flexibility index (Phi) is 13.4. The predicted octanol–water partition coefficient (Wildman–Crippen LogP) is 8.31. The molecule has 0 amide bonds. The summed E-state index contributed by atoms with van der Waals surface area (Å²) in [5.41, 5.74) is -12.9. The third kappa shape index (κ3) is 7.29. The lowest BCUT2D eigenvalue weighted by molar-refractivity contribution is 0.340. The molecule has 5 rings (SSSR count). The molecule has 0 N–H and O–H groups in total. The molecule has 5 aromatic rings. The molecule has 58 heavy (non-hydrogen) atoms. The van der Waals surface area contributed by atoms with Gasteiger partial charge in [0.15, 0.2) is 69.8 Å². The van der Waals surface area contributed by atoms with Crippen LogP contribution in [0, 0.1) is 116 Å². The van der Waals surface area contributed by atoms with Gasteiger partial charge in [-0.15, -0.1) is 21.9 Å². The Morgan fingerprint density at radius 3 is 0.759 bits per heavy atom. The largest absolute Gasteiger partial charge is 0.494 e. The van der Waals surface area contributed by atoms with Gasteiger partial charge in [0.05, 0.1) is 19.1 Å². The zero-order valence-electron chi connectivity index (χ0n) is 28.7. The summed E-state index contributed by atoms with van der Waals surface area (Å²) in [6, 6.07) is 8.40. The number of benzene rings is 5. The summed E-state index contributed by atoms with van der Waals surface area (Å²) < 4.78 is 299. The highest BCUT2D eigenvalue weighted by molar-refractivity contribution is 7.94. The molecule has 0 aliphatic carbocycles. The molecule has 0 unspecified atom stereocenters. The van der Waals surface area contributed by atoms with E-state index in [-0.39, 0.29) is 0 Å². The van der Waals surface area contributed by atoms with Gasteiger partial charge >= 0.3 is 0 Å². The van der Waals surface area contributed by atoms with Crippen LogP contribution in [0.25, 0.3) is 0 Å². The standard InChI is InChI=1S/C24BF20.C11H17OS/c26-5-1(6(27)14(35)21(42)13(5)34)25(2-7(28)15(36)22(43)16(37)8(2)29,3-9(30)17(38)23(44)18(39)10(3)31)4-11(32)19(40)24(45)20(41)12(4)33;1-4-12-11-7-5-10(6-8-11)9-13(2)3/h;5-8H,4,9H2,1-3H3/q-1;+1. The summed E-state index contributed by atoms with van der Waals surface area (Å²) in [4.78, 5) is 0. The van der Waals surface area contributed by atoms with Crippen LogP contribution in [-0.2, 0) is 16.6 Å². The monoisotopic (exact) mass is 876 g/mol. The molecular weight excluding hydrogens is 859 g/mol. The van der Waals surface area contributed by atoms with E-state index in [0.717, 1.165) is 12.4 Å². The molecule has 5 aromatic carbocycles. The fourth-order valence-corrected chi connectivity index (χ4v) is 6.92. The Labute approximate surface area is 315 Å². The maximum absolute atomic E-state index is 15.4. The highest BCUT2D eigenvalue weighted by Gasteiger charge is 2.52. The van der Waals surface area contributed by atoms with Gasteiger partial charge in [-0.1, -0.05) is 12.1 Å². The first-order valence-corrected chi connectivity index (χ1v) is 17.6. The highest BCUT2D eigenvalue weighted by atomic mass is 32.2. The molecule has 0 radical (unpaired) electrons. The molecule has 0 aliphatic rings. The first kappa shape index (κ1) is 45.6. The molecule has 23 heteroatoms. The zero-order valence-corrected chi connectivity index (χ0v) is 29.5. The quantitative estimate of drug-likeness (QED) is 0.0502. The predicted molar refractivity (Wildman–Crippen MR) is 170 cm³/mol. The molecular formula is C35H17BF20OS. The van der Waals surface area contributed by atoms with E-state index in [2.05, 4.69) is 24.6 Å². The van der Waals surface area contributed by atoms with Crippen LogP contribution in [0.4, 0.5) is 87.8 Å². The van der Waals surface area contributed by atoms with Gasteiger partial charge in [0.2, 0.25) is 0 Å². The zero-order chi connectivity index (χ0) is 44.0. The second-order valence-corrected chi connectivity index (χ2v) is 14.3. The van der Waals surface area contributed by atoms with Crippen molar-refractivity contribution in [3.05, 3.63) is 146 Å². The number of halogens is 20. The maximum Gasteiger partial charge on any atom is 0.200 e. The third-order valence-electron chi connectivity index (χ3n) is 8.40. The van der Waals surface area contributed by atoms with Gasteiger partial charge in [0.1, 0.15) is 64.2 Å². The second kappa shape index (κ2) is 17.0. The molecule has 0 saturated heterocycles. The minimum Gasteiger partial charge on any atom is -0.494 e. The fourth-order valence-electron chi connectivity index (χ4n) is 6.06. The van der Waals surface area contributed by atoms with Crippen LogP contribution in [0.15, 0.2) is 24.3 Å². The molecule has 312 valence electrons. The van der Waals surface area contributed by atoms with Crippen LogP contribution < -0.4 is 26.6 Å². The molecule has 0 bridgehead atoms. The normalized spacial score (nSPS) is 11.7. The van der Waals surface area contributed by atoms with Gasteiger partial charge in [0, 0.05) is 5.56 Å². The van der Waals surface area contributed by atoms with Crippen LogP contribution in [0.1, 0.15) is 12.5 Å². The van der Waals surface area contributed by atoms with Crippen molar-refractivity contribution in [2.24, 2.45) is 0 Å². The third-order valence-corrected chi connectivity index (χ3v) is 9.31. The van der Waals surface area contributed by atoms with E-state index in [1.165, 1.54) is 11.3 Å². The fraction of sp³-hybridized carbons (Fsp3) is 0.143. The minimum atomic E-state index is -7.22. The molecule has 0 spiro atoms. The van der Waals surface area contributed by atoms with Crippen LogP contribution >= 0.6 is 0 Å². The lowest BCUT2D eigenvalue weighted by Gasteiger charge is -2.44. The topological polar surface area (TPSA) is 9.23 Å². The SMILES string of the molecule is CCOc1ccc(C[S+](C)C)cc1.Fc1c(F)c(F)c([B-](c2c(F)c(F)c(F)c(F)c2F)(c2c(F)c(F)c(F)c(F)c2F)c2c(F)c(F)c(F)c(F)c2F)c(F)c1F. The van der Waals surface area contributed by atoms with E-state index < -0.39 is 144 Å². The summed E-state index contributed by atoms with van der Waals surface area (Å²) in [5.74, 6) is -69.3. The minimum absolute atomic E-state index is 0.482. The number of hydrogen-bond acceptors (Lipinski definition) is 1. The second-order valence-electron chi connectivity index (χ2n) is 12.0. The number of ether oxygens (including phenoxy) is 1. The van der Waals surface area contributed by atoms with E-state index in [4.69, 9.17) is 4.74 Å². The van der Waals surface area contributed by atoms with Crippen LogP contribution in [0.3, 0.4) is 0 Å². The van der Waals surface area contributed by atoms with Crippen molar-refractivity contribution in [3.63, 3.8) is 0 Å². The Balaban J connectivity index is 0.000000486. The number of hydrogen-bond donors (Lipinski definition) is 0. The van der Waals surface area contributed by atoms with Gasteiger partial charge in [-0.05, 0) is 30.0 Å². The summed E-state index contributed by atoms with van der Waals surface area (Å²) >= 11 is 0. The van der Waals surface area contributed by atoms with Crippen molar-refractivity contribution >= 4 is 38.9 Å². The molecule has 1 nitrogen and oxygen atoms in total. The number of rotatable bonds is 8. The van der Waals surface area contributed by atoms with Crippen molar-refractivity contribution in [3.8, 4) is 5.75 Å². The van der Waals surface area contributed by atoms with Gasteiger partial charge in [-0.3, -0.25) is 0 Å². The molecule has 0 aromatic heterocycles. The van der Waals surface area contributed by atoms with Crippen molar-refractivity contribution < 1.29 is 92.5 Å². The molecule has 0 fully saturated rings. The maximum atomic E-state index is 15.4. The first-order chi connectivity index (χ1) is 26.9. The molecule has 0 saturated carbocycles. The van der Waals surface area contributed by atoms with Gasteiger partial charge in [-0.25, -0.2) is 87.8 Å². The average Bonchev–Trinajstić information content (AvgIpc) is 3.18. The average molecular weight is 876 g/mol. The lowest BCUT2D eigenvalue weighted by Crippen LogP contribution is -2.81. The van der Waals surface area contributed by atoms with Crippen molar-refractivity contribution in [1.29, 1.82) is 0 Å². The smallest absolute Gasteiger partial charge is 0.200 e. The van der Waals surface area contributed by atoms with Gasteiger partial charge < -0.3 is 4.74 Å². The highest BCUT2D eigenvalue weighted by Crippen LogP contribution is 2.30. The van der Waals surface area contributed by atoms with E-state index in [0.29, 0.717) is 10.9 Å². The van der Waals surface area contributed by atoms with Gasteiger partial charge in [0.25, 0.3) is 0 Å². The van der Waals surface area contributed by atoms with Gasteiger partial charge in [-0.2, -0.15) is 0 Å². The summed E-state index contributed by atoms with van der Waals surface area (Å²) in [6.45, 7) is 2.74. The van der Waals surface area contributed by atoms with Crippen LogP contribution in [-0.4, -0.2) is 25.3 Å². The van der Waals surface area contributed by atoms with Crippen LogP contribution in [0.5, 0.6) is 5.75 Å². The summed E-state index contributed by atoms with van der Waals surface area (Å²) in [6.07, 6.45) is -2.70.